The van der Waals surface area contributed by atoms with Gasteiger partial charge in [0.15, 0.2) is 9.84 Å². The summed E-state index contributed by atoms with van der Waals surface area (Å²) in [4.78, 5) is 24.1. The van der Waals surface area contributed by atoms with Crippen LogP contribution in [0.25, 0.3) is 11.5 Å². The lowest BCUT2D eigenvalue weighted by atomic mass is 10.1. The summed E-state index contributed by atoms with van der Waals surface area (Å²) in [5.41, 5.74) is 0.526. The molecule has 116 valence electrons. The zero-order valence-corrected chi connectivity index (χ0v) is 12.4. The van der Waals surface area contributed by atoms with E-state index in [1.807, 2.05) is 0 Å². The van der Waals surface area contributed by atoms with Gasteiger partial charge in [0.1, 0.15) is 11.5 Å². The number of hydrogen-bond donors (Lipinski definition) is 2. The molecule has 0 saturated carbocycles. The summed E-state index contributed by atoms with van der Waals surface area (Å²) in [7, 11) is -3.07. The summed E-state index contributed by atoms with van der Waals surface area (Å²) < 4.78 is 22.7. The van der Waals surface area contributed by atoms with Gasteiger partial charge in [-0.3, -0.25) is 14.9 Å². The standard InChI is InChI=1S/C12H14N6O3S/c19-12(8-1-4-22(20,21)7-8)15-6-10-16-11(18-17-10)9-5-13-2-3-14-9/h2-3,5,8H,1,4,6-7H2,(H,15,19)(H,16,17,18)/t8-/m1/s1. The molecule has 1 amide bonds. The number of nitrogens with one attached hydrogen (secondary N) is 2. The van der Waals surface area contributed by atoms with E-state index in [4.69, 9.17) is 0 Å². The monoisotopic (exact) mass is 322 g/mol. The van der Waals surface area contributed by atoms with Gasteiger partial charge in [0, 0.05) is 12.4 Å². The van der Waals surface area contributed by atoms with E-state index in [0.717, 1.165) is 0 Å². The van der Waals surface area contributed by atoms with Crippen molar-refractivity contribution in [3.63, 3.8) is 0 Å². The van der Waals surface area contributed by atoms with Crippen LogP contribution >= 0.6 is 0 Å². The van der Waals surface area contributed by atoms with Crippen LogP contribution in [-0.4, -0.2) is 51.0 Å². The van der Waals surface area contributed by atoms with Gasteiger partial charge in [-0.1, -0.05) is 0 Å². The van der Waals surface area contributed by atoms with E-state index in [-0.39, 0.29) is 24.0 Å². The largest absolute Gasteiger partial charge is 0.349 e. The molecule has 2 aromatic rings. The van der Waals surface area contributed by atoms with Crippen LogP contribution in [0.15, 0.2) is 18.6 Å². The van der Waals surface area contributed by atoms with Crippen LogP contribution in [0.2, 0.25) is 0 Å². The minimum Gasteiger partial charge on any atom is -0.349 e. The van der Waals surface area contributed by atoms with Gasteiger partial charge in [-0.2, -0.15) is 5.10 Å². The summed E-state index contributed by atoms with van der Waals surface area (Å²) in [6, 6.07) is 0. The lowest BCUT2D eigenvalue weighted by Gasteiger charge is -2.07. The molecule has 0 aromatic carbocycles. The van der Waals surface area contributed by atoms with Gasteiger partial charge in [0.25, 0.3) is 0 Å². The molecular formula is C12H14N6O3S. The lowest BCUT2D eigenvalue weighted by molar-refractivity contribution is -0.124. The van der Waals surface area contributed by atoms with E-state index < -0.39 is 15.8 Å². The number of rotatable bonds is 4. The summed E-state index contributed by atoms with van der Waals surface area (Å²) in [6.45, 7) is 0.155. The van der Waals surface area contributed by atoms with Gasteiger partial charge in [-0.25, -0.2) is 18.4 Å². The van der Waals surface area contributed by atoms with Crippen molar-refractivity contribution in [3.05, 3.63) is 24.4 Å². The number of carbonyl (C=O) groups excluding carboxylic acids is 1. The maximum atomic E-state index is 11.9. The first-order valence-corrected chi connectivity index (χ1v) is 8.51. The quantitative estimate of drug-likeness (QED) is 0.762. The zero-order chi connectivity index (χ0) is 15.6. The molecule has 0 spiro atoms. The number of carbonyl (C=O) groups is 1. The Balaban J connectivity index is 1.59. The van der Waals surface area contributed by atoms with Crippen molar-refractivity contribution in [2.75, 3.05) is 11.5 Å². The molecule has 3 heterocycles. The van der Waals surface area contributed by atoms with Crippen molar-refractivity contribution in [3.8, 4) is 11.5 Å². The Bertz CT molecular complexity index is 773. The van der Waals surface area contributed by atoms with Crippen molar-refractivity contribution >= 4 is 15.7 Å². The molecule has 1 saturated heterocycles. The number of amides is 1. The van der Waals surface area contributed by atoms with Crippen LogP contribution in [-0.2, 0) is 21.2 Å². The predicted octanol–water partition coefficient (Wildman–Crippen LogP) is -0.687. The molecule has 0 unspecified atom stereocenters. The highest BCUT2D eigenvalue weighted by Gasteiger charge is 2.32. The predicted molar refractivity (Wildman–Crippen MR) is 76.0 cm³/mol. The Morgan fingerprint density at radius 1 is 1.41 bits per heavy atom. The van der Waals surface area contributed by atoms with Gasteiger partial charge in [-0.05, 0) is 6.42 Å². The average molecular weight is 322 g/mol. The maximum Gasteiger partial charge on any atom is 0.224 e. The van der Waals surface area contributed by atoms with E-state index in [1.54, 1.807) is 6.20 Å². The number of aromatic amines is 1. The Hall–Kier alpha value is -2.36. The minimum absolute atomic E-state index is 0.0736. The molecule has 1 aliphatic rings. The van der Waals surface area contributed by atoms with Crippen molar-refractivity contribution < 1.29 is 13.2 Å². The Labute approximate surface area is 126 Å². The average Bonchev–Trinajstić information content (AvgIpc) is 3.12. The molecule has 0 radical (unpaired) electrons. The summed E-state index contributed by atoms with van der Waals surface area (Å²) in [6.07, 6.45) is 4.99. The number of sulfone groups is 1. The highest BCUT2D eigenvalue weighted by Crippen LogP contribution is 2.18. The molecule has 2 aromatic heterocycles. The highest BCUT2D eigenvalue weighted by atomic mass is 32.2. The van der Waals surface area contributed by atoms with E-state index >= 15 is 0 Å². The summed E-state index contributed by atoms with van der Waals surface area (Å²) in [5, 5.41) is 9.37. The second-order valence-electron chi connectivity index (χ2n) is 5.01. The Morgan fingerprint density at radius 3 is 2.95 bits per heavy atom. The second-order valence-corrected chi connectivity index (χ2v) is 7.24. The Morgan fingerprint density at radius 2 is 2.27 bits per heavy atom. The van der Waals surface area contributed by atoms with Crippen LogP contribution in [0.4, 0.5) is 0 Å². The van der Waals surface area contributed by atoms with E-state index in [9.17, 15) is 13.2 Å². The number of aromatic nitrogens is 5. The SMILES string of the molecule is O=C(NCc1nc(-c2cnccn2)n[nH]1)[C@@H]1CCS(=O)(=O)C1. The minimum atomic E-state index is -3.07. The zero-order valence-electron chi connectivity index (χ0n) is 11.6. The van der Waals surface area contributed by atoms with Crippen LogP contribution in [0.1, 0.15) is 12.2 Å². The van der Waals surface area contributed by atoms with Crippen LogP contribution in [0, 0.1) is 5.92 Å². The van der Waals surface area contributed by atoms with E-state index in [2.05, 4.69) is 30.5 Å². The van der Waals surface area contributed by atoms with Gasteiger partial charge in [0.05, 0.1) is 30.2 Å². The fraction of sp³-hybridized carbons (Fsp3) is 0.417. The molecule has 0 bridgehead atoms. The molecule has 1 atom stereocenters. The first-order chi connectivity index (χ1) is 10.5. The van der Waals surface area contributed by atoms with Crippen LogP contribution in [0.3, 0.4) is 0 Å². The fourth-order valence-corrected chi connectivity index (χ4v) is 3.96. The van der Waals surface area contributed by atoms with Crippen molar-refractivity contribution in [2.24, 2.45) is 5.92 Å². The molecule has 0 aliphatic carbocycles. The molecule has 3 rings (SSSR count). The molecule has 1 fully saturated rings. The van der Waals surface area contributed by atoms with Gasteiger partial charge >= 0.3 is 0 Å². The normalized spacial score (nSPS) is 19.9. The third kappa shape index (κ3) is 3.27. The maximum absolute atomic E-state index is 11.9. The van der Waals surface area contributed by atoms with Gasteiger partial charge in [0.2, 0.25) is 11.7 Å². The summed E-state index contributed by atoms with van der Waals surface area (Å²) in [5.74, 6) is 0.0891. The molecule has 1 aliphatic heterocycles. The first kappa shape index (κ1) is 14.6. The smallest absolute Gasteiger partial charge is 0.224 e. The lowest BCUT2D eigenvalue weighted by Crippen LogP contribution is -2.31. The number of hydrogen-bond acceptors (Lipinski definition) is 7. The highest BCUT2D eigenvalue weighted by molar-refractivity contribution is 7.91. The molecule has 2 N–H and O–H groups in total. The van der Waals surface area contributed by atoms with Crippen molar-refractivity contribution in [1.29, 1.82) is 0 Å². The first-order valence-electron chi connectivity index (χ1n) is 6.69. The third-order valence-corrected chi connectivity index (χ3v) is 5.13. The summed E-state index contributed by atoms with van der Waals surface area (Å²) >= 11 is 0. The topological polar surface area (TPSA) is 131 Å². The van der Waals surface area contributed by atoms with Crippen molar-refractivity contribution in [2.45, 2.75) is 13.0 Å². The van der Waals surface area contributed by atoms with Crippen LogP contribution < -0.4 is 5.32 Å². The second kappa shape index (κ2) is 5.79. The molecular weight excluding hydrogens is 308 g/mol. The Kier molecular flexibility index (Phi) is 3.84. The van der Waals surface area contributed by atoms with Gasteiger partial charge in [-0.15, -0.1) is 0 Å². The van der Waals surface area contributed by atoms with E-state index in [1.165, 1.54) is 12.4 Å². The van der Waals surface area contributed by atoms with Crippen molar-refractivity contribution in [1.82, 2.24) is 30.5 Å². The number of nitrogens with zero attached hydrogens (tertiary/aromatic N) is 4. The number of H-pyrrole nitrogens is 1. The van der Waals surface area contributed by atoms with E-state index in [0.29, 0.717) is 23.8 Å². The van der Waals surface area contributed by atoms with Crippen LogP contribution in [0.5, 0.6) is 0 Å². The van der Waals surface area contributed by atoms with Gasteiger partial charge < -0.3 is 5.32 Å². The third-order valence-electron chi connectivity index (χ3n) is 3.36. The molecule has 22 heavy (non-hydrogen) atoms. The molecule has 9 nitrogen and oxygen atoms in total. The fourth-order valence-electron chi connectivity index (χ4n) is 2.22. The molecule has 10 heteroatoms.